The quantitative estimate of drug-likeness (QED) is 0.484. The fourth-order valence-electron chi connectivity index (χ4n) is 5.70. The van der Waals surface area contributed by atoms with Gasteiger partial charge >= 0.3 is 12.1 Å². The molecule has 4 nitrogen and oxygen atoms in total. The summed E-state index contributed by atoms with van der Waals surface area (Å²) in [5.41, 5.74) is 0.169. The van der Waals surface area contributed by atoms with Gasteiger partial charge in [0.15, 0.2) is 0 Å². The summed E-state index contributed by atoms with van der Waals surface area (Å²) in [7, 11) is 0. The van der Waals surface area contributed by atoms with Crippen LogP contribution in [0.25, 0.3) is 10.8 Å². The predicted molar refractivity (Wildman–Crippen MR) is 126 cm³/mol. The van der Waals surface area contributed by atoms with Crippen LogP contribution in [-0.2, 0) is 11.0 Å². The summed E-state index contributed by atoms with van der Waals surface area (Å²) in [6.07, 6.45) is 0.637. The zero-order valence-electron chi connectivity index (χ0n) is 19.9. The molecule has 2 aromatic carbocycles. The van der Waals surface area contributed by atoms with Gasteiger partial charge in [-0.2, -0.15) is 13.2 Å². The lowest BCUT2D eigenvalue weighted by Crippen LogP contribution is -2.38. The molecule has 1 aliphatic carbocycles. The maximum atomic E-state index is 14.3. The minimum atomic E-state index is -4.53. The van der Waals surface area contributed by atoms with Gasteiger partial charge in [0.05, 0.1) is 12.0 Å². The fourth-order valence-corrected chi connectivity index (χ4v) is 5.70. The van der Waals surface area contributed by atoms with Crippen molar-refractivity contribution in [2.45, 2.75) is 77.1 Å². The maximum absolute atomic E-state index is 14.3. The molecular formula is C27H34F3NO3. The number of aliphatic carboxylic acids is 1. The molecule has 1 aliphatic heterocycles. The van der Waals surface area contributed by atoms with E-state index >= 15 is 0 Å². The SMILES string of the molecule is CCC(c1cccc2c(C(F)(F)F)c(OC3CCC(C)CC3)ccc12)N1CCC(C(=O)O)CC1. The molecule has 186 valence electrons. The van der Waals surface area contributed by atoms with Gasteiger partial charge in [-0.3, -0.25) is 9.69 Å². The molecule has 2 aliphatic rings. The topological polar surface area (TPSA) is 49.8 Å². The Bertz CT molecular complexity index is 1010. The molecule has 4 rings (SSSR count). The second-order valence-electron chi connectivity index (χ2n) is 9.95. The number of fused-ring (bicyclic) bond motifs is 1. The van der Waals surface area contributed by atoms with Crippen molar-refractivity contribution in [3.05, 3.63) is 41.5 Å². The molecule has 2 aromatic rings. The van der Waals surface area contributed by atoms with Crippen molar-refractivity contribution in [2.75, 3.05) is 13.1 Å². The number of ether oxygens (including phenoxy) is 1. The third-order valence-electron chi connectivity index (χ3n) is 7.66. The van der Waals surface area contributed by atoms with E-state index in [9.17, 15) is 23.1 Å². The van der Waals surface area contributed by atoms with Crippen LogP contribution in [-0.4, -0.2) is 35.2 Å². The summed E-state index contributed by atoms with van der Waals surface area (Å²) in [5, 5.41) is 10.1. The van der Waals surface area contributed by atoms with Gasteiger partial charge in [0.1, 0.15) is 11.3 Å². The van der Waals surface area contributed by atoms with Crippen LogP contribution in [0.5, 0.6) is 5.75 Å². The summed E-state index contributed by atoms with van der Waals surface area (Å²) >= 11 is 0. The molecule has 0 amide bonds. The second-order valence-corrected chi connectivity index (χ2v) is 9.95. The lowest BCUT2D eigenvalue weighted by molar-refractivity contribution is -0.143. The van der Waals surface area contributed by atoms with Crippen molar-refractivity contribution in [2.24, 2.45) is 11.8 Å². The van der Waals surface area contributed by atoms with E-state index in [0.717, 1.165) is 37.7 Å². The van der Waals surface area contributed by atoms with Gasteiger partial charge in [-0.05, 0) is 86.4 Å². The van der Waals surface area contributed by atoms with Crippen molar-refractivity contribution < 1.29 is 27.8 Å². The number of alkyl halides is 3. The summed E-state index contributed by atoms with van der Waals surface area (Å²) < 4.78 is 49.0. The molecule has 1 saturated heterocycles. The van der Waals surface area contributed by atoms with E-state index in [-0.39, 0.29) is 29.2 Å². The van der Waals surface area contributed by atoms with Crippen LogP contribution in [0, 0.1) is 11.8 Å². The number of piperidine rings is 1. The van der Waals surface area contributed by atoms with Crippen LogP contribution in [0.1, 0.15) is 76.0 Å². The van der Waals surface area contributed by atoms with Gasteiger partial charge in [0.25, 0.3) is 0 Å². The van der Waals surface area contributed by atoms with E-state index in [1.54, 1.807) is 18.2 Å². The van der Waals surface area contributed by atoms with E-state index in [0.29, 0.717) is 37.2 Å². The minimum absolute atomic E-state index is 0.0638. The molecule has 0 spiro atoms. The first-order valence-corrected chi connectivity index (χ1v) is 12.4. The van der Waals surface area contributed by atoms with Crippen molar-refractivity contribution >= 4 is 16.7 Å². The summed E-state index contributed by atoms with van der Waals surface area (Å²) in [4.78, 5) is 13.5. The average molecular weight is 478 g/mol. The summed E-state index contributed by atoms with van der Waals surface area (Å²) in [6.45, 7) is 5.45. The smallest absolute Gasteiger partial charge is 0.420 e. The molecule has 0 aromatic heterocycles. The number of nitrogens with zero attached hydrogens (tertiary/aromatic N) is 1. The number of hydrogen-bond donors (Lipinski definition) is 1. The second kappa shape index (κ2) is 10.1. The minimum Gasteiger partial charge on any atom is -0.490 e. The zero-order chi connectivity index (χ0) is 24.5. The number of carboxylic acid groups (broad SMARTS) is 1. The van der Waals surface area contributed by atoms with Gasteiger partial charge in [0, 0.05) is 6.04 Å². The highest BCUT2D eigenvalue weighted by Gasteiger charge is 2.38. The van der Waals surface area contributed by atoms with E-state index in [1.165, 1.54) is 6.07 Å². The molecule has 2 fully saturated rings. The Balaban J connectivity index is 1.69. The largest absolute Gasteiger partial charge is 0.490 e. The van der Waals surface area contributed by atoms with Crippen LogP contribution >= 0.6 is 0 Å². The van der Waals surface area contributed by atoms with Crippen LogP contribution < -0.4 is 4.74 Å². The fraction of sp³-hybridized carbons (Fsp3) is 0.593. The lowest BCUT2D eigenvalue weighted by atomic mass is 9.88. The van der Waals surface area contributed by atoms with E-state index < -0.39 is 17.7 Å². The van der Waals surface area contributed by atoms with E-state index in [2.05, 4.69) is 11.8 Å². The highest BCUT2D eigenvalue weighted by Crippen LogP contribution is 2.44. The zero-order valence-corrected chi connectivity index (χ0v) is 19.9. The Kier molecular flexibility index (Phi) is 7.41. The normalized spacial score (nSPS) is 23.7. The van der Waals surface area contributed by atoms with Crippen LogP contribution in [0.15, 0.2) is 30.3 Å². The molecule has 1 N–H and O–H groups in total. The number of halogens is 3. The van der Waals surface area contributed by atoms with Crippen molar-refractivity contribution in [1.82, 2.24) is 4.90 Å². The molecule has 1 atom stereocenters. The number of carbonyl (C=O) groups is 1. The molecule has 0 radical (unpaired) electrons. The Labute approximate surface area is 199 Å². The van der Waals surface area contributed by atoms with Gasteiger partial charge in [0.2, 0.25) is 0 Å². The molecule has 1 saturated carbocycles. The summed E-state index contributed by atoms with van der Waals surface area (Å²) in [6, 6.07) is 8.35. The maximum Gasteiger partial charge on any atom is 0.420 e. The molecule has 7 heteroatoms. The Morgan fingerprint density at radius 3 is 2.32 bits per heavy atom. The first-order chi connectivity index (χ1) is 16.2. The molecule has 34 heavy (non-hydrogen) atoms. The molecular weight excluding hydrogens is 443 g/mol. The van der Waals surface area contributed by atoms with Gasteiger partial charge < -0.3 is 9.84 Å². The highest BCUT2D eigenvalue weighted by atomic mass is 19.4. The van der Waals surface area contributed by atoms with Crippen LogP contribution in [0.3, 0.4) is 0 Å². The van der Waals surface area contributed by atoms with Crippen LogP contribution in [0.2, 0.25) is 0 Å². The first-order valence-electron chi connectivity index (χ1n) is 12.4. The third kappa shape index (κ3) is 5.19. The molecule has 1 unspecified atom stereocenters. The number of benzene rings is 2. The Hall–Kier alpha value is -2.28. The first kappa shape index (κ1) is 24.8. The molecule has 1 heterocycles. The molecule has 0 bridgehead atoms. The lowest BCUT2D eigenvalue weighted by Gasteiger charge is -2.37. The number of carboxylic acids is 1. The van der Waals surface area contributed by atoms with Crippen LogP contribution in [0.4, 0.5) is 13.2 Å². The standard InChI is InChI=1S/C27H34F3NO3/c1-3-23(31-15-13-18(14-16-31)26(32)33)21-5-4-6-22-20(21)11-12-24(25(22)27(28,29)30)34-19-9-7-17(2)8-10-19/h4-6,11-12,17-19,23H,3,7-10,13-16H2,1-2H3,(H,32,33). The van der Waals surface area contributed by atoms with E-state index in [1.807, 2.05) is 13.0 Å². The monoisotopic (exact) mass is 477 g/mol. The average Bonchev–Trinajstić information content (AvgIpc) is 2.80. The highest BCUT2D eigenvalue weighted by molar-refractivity contribution is 5.91. The van der Waals surface area contributed by atoms with Gasteiger partial charge in [-0.1, -0.05) is 38.1 Å². The number of rotatable bonds is 6. The number of likely N-dealkylation sites (tertiary alicyclic amines) is 1. The summed E-state index contributed by atoms with van der Waals surface area (Å²) in [5.74, 6) is -0.604. The van der Waals surface area contributed by atoms with Crippen molar-refractivity contribution in [3.8, 4) is 5.75 Å². The number of hydrogen-bond acceptors (Lipinski definition) is 3. The van der Waals surface area contributed by atoms with Gasteiger partial charge in [-0.25, -0.2) is 0 Å². The van der Waals surface area contributed by atoms with Gasteiger partial charge in [-0.15, -0.1) is 0 Å². The Morgan fingerprint density at radius 1 is 1.06 bits per heavy atom. The van der Waals surface area contributed by atoms with Crippen molar-refractivity contribution in [3.63, 3.8) is 0 Å². The predicted octanol–water partition coefficient (Wildman–Crippen LogP) is 7.06. The Morgan fingerprint density at radius 2 is 1.74 bits per heavy atom. The third-order valence-corrected chi connectivity index (χ3v) is 7.66. The van der Waals surface area contributed by atoms with E-state index in [4.69, 9.17) is 4.74 Å². The van der Waals surface area contributed by atoms with Crippen molar-refractivity contribution in [1.29, 1.82) is 0 Å².